The molecule has 0 heterocycles. The van der Waals surface area contributed by atoms with Crippen LogP contribution in [0.1, 0.15) is 27.8 Å². The first-order valence-electron chi connectivity index (χ1n) is 7.83. The highest BCUT2D eigenvalue weighted by atomic mass is 15.1. The zero-order chi connectivity index (χ0) is 16.6. The Kier molecular flexibility index (Phi) is 4.50. The van der Waals surface area contributed by atoms with E-state index >= 15 is 0 Å². The van der Waals surface area contributed by atoms with Gasteiger partial charge in [0.25, 0.3) is 0 Å². The van der Waals surface area contributed by atoms with Crippen molar-refractivity contribution in [3.63, 3.8) is 0 Å². The van der Waals surface area contributed by atoms with Crippen LogP contribution in [0.5, 0.6) is 0 Å². The molecule has 0 aromatic heterocycles. The lowest BCUT2D eigenvalue weighted by molar-refractivity contribution is 1.09. The third-order valence-electron chi connectivity index (χ3n) is 4.96. The highest BCUT2D eigenvalue weighted by Gasteiger charge is 2.14. The summed E-state index contributed by atoms with van der Waals surface area (Å²) in [6, 6.07) is 8.88. The first-order chi connectivity index (χ1) is 10.3. The Labute approximate surface area is 135 Å². The van der Waals surface area contributed by atoms with E-state index in [1.807, 2.05) is 0 Å². The predicted molar refractivity (Wildman–Crippen MR) is 99.0 cm³/mol. The maximum Gasteiger partial charge on any atom is 0.0442 e. The standard InChI is InChI=1S/C20H28N2/c1-13-9-10-19(15(3)14(13)2)22(8)20-12-11-18(21(6)7)16(4)17(20)5/h9-12H,1-8H3. The Balaban J connectivity index is 2.53. The third-order valence-corrected chi connectivity index (χ3v) is 4.96. The number of hydrogen-bond acceptors (Lipinski definition) is 2. The van der Waals surface area contributed by atoms with E-state index in [2.05, 4.69) is 89.8 Å². The van der Waals surface area contributed by atoms with Crippen LogP contribution in [0.15, 0.2) is 24.3 Å². The lowest BCUT2D eigenvalue weighted by Gasteiger charge is -2.27. The maximum absolute atomic E-state index is 2.31. The Hall–Kier alpha value is -1.96. The second-order valence-electron chi connectivity index (χ2n) is 6.46. The molecule has 2 aromatic rings. The van der Waals surface area contributed by atoms with Crippen LogP contribution in [0.2, 0.25) is 0 Å². The molecular formula is C20H28N2. The molecule has 2 heteroatoms. The minimum absolute atomic E-state index is 1.27. The second-order valence-corrected chi connectivity index (χ2v) is 6.46. The van der Waals surface area contributed by atoms with Gasteiger partial charge in [-0.15, -0.1) is 0 Å². The molecular weight excluding hydrogens is 268 g/mol. The molecule has 0 aliphatic rings. The van der Waals surface area contributed by atoms with Gasteiger partial charge >= 0.3 is 0 Å². The van der Waals surface area contributed by atoms with Gasteiger partial charge in [-0.3, -0.25) is 0 Å². The molecule has 0 aliphatic heterocycles. The largest absolute Gasteiger partial charge is 0.377 e. The second kappa shape index (κ2) is 6.04. The van der Waals surface area contributed by atoms with Crippen molar-refractivity contribution in [3.05, 3.63) is 52.1 Å². The number of aryl methyl sites for hydroxylation is 1. The minimum atomic E-state index is 1.27. The first-order valence-corrected chi connectivity index (χ1v) is 7.83. The molecule has 0 amide bonds. The zero-order valence-electron chi connectivity index (χ0n) is 15.2. The van der Waals surface area contributed by atoms with Crippen LogP contribution >= 0.6 is 0 Å². The van der Waals surface area contributed by atoms with Crippen LogP contribution in [0, 0.1) is 34.6 Å². The molecule has 2 nitrogen and oxygen atoms in total. The molecule has 0 fully saturated rings. The van der Waals surface area contributed by atoms with Gasteiger partial charge < -0.3 is 9.80 Å². The average molecular weight is 296 g/mol. The molecule has 0 radical (unpaired) electrons. The molecule has 0 bridgehead atoms. The summed E-state index contributed by atoms with van der Waals surface area (Å²) >= 11 is 0. The normalized spacial score (nSPS) is 10.7. The van der Waals surface area contributed by atoms with Crippen molar-refractivity contribution in [2.75, 3.05) is 30.9 Å². The van der Waals surface area contributed by atoms with Crippen molar-refractivity contribution < 1.29 is 0 Å². The molecule has 2 rings (SSSR count). The van der Waals surface area contributed by atoms with Crippen molar-refractivity contribution in [3.8, 4) is 0 Å². The summed E-state index contributed by atoms with van der Waals surface area (Å²) < 4.78 is 0. The molecule has 0 atom stereocenters. The average Bonchev–Trinajstić information content (AvgIpc) is 2.46. The Morgan fingerprint density at radius 2 is 0.955 bits per heavy atom. The summed E-state index contributed by atoms with van der Waals surface area (Å²) in [5.41, 5.74) is 10.6. The summed E-state index contributed by atoms with van der Waals surface area (Å²) in [6.07, 6.45) is 0. The van der Waals surface area contributed by atoms with Crippen LogP contribution in [0.25, 0.3) is 0 Å². The first kappa shape index (κ1) is 16.4. The van der Waals surface area contributed by atoms with Gasteiger partial charge in [-0.05, 0) is 80.6 Å². The van der Waals surface area contributed by atoms with Gasteiger partial charge in [0, 0.05) is 38.2 Å². The summed E-state index contributed by atoms with van der Waals surface area (Å²) in [6.45, 7) is 11.0. The quantitative estimate of drug-likeness (QED) is 0.781. The van der Waals surface area contributed by atoms with Crippen molar-refractivity contribution in [2.24, 2.45) is 0 Å². The predicted octanol–water partition coefficient (Wildman–Crippen LogP) is 5.06. The van der Waals surface area contributed by atoms with E-state index in [1.54, 1.807) is 0 Å². The fourth-order valence-electron chi connectivity index (χ4n) is 3.07. The van der Waals surface area contributed by atoms with Gasteiger partial charge in [0.1, 0.15) is 0 Å². The fourth-order valence-corrected chi connectivity index (χ4v) is 3.07. The van der Waals surface area contributed by atoms with E-state index in [9.17, 15) is 0 Å². The molecule has 22 heavy (non-hydrogen) atoms. The fraction of sp³-hybridized carbons (Fsp3) is 0.400. The maximum atomic E-state index is 2.31. The third kappa shape index (κ3) is 2.70. The van der Waals surface area contributed by atoms with E-state index in [0.29, 0.717) is 0 Å². The SMILES string of the molecule is Cc1ccc(N(C)c2ccc(N(C)C)c(C)c2C)c(C)c1C. The van der Waals surface area contributed by atoms with Crippen LogP contribution in [-0.4, -0.2) is 21.1 Å². The monoisotopic (exact) mass is 296 g/mol. The van der Waals surface area contributed by atoms with Crippen molar-refractivity contribution in [1.29, 1.82) is 0 Å². The zero-order valence-corrected chi connectivity index (χ0v) is 15.2. The van der Waals surface area contributed by atoms with Gasteiger partial charge in [0.05, 0.1) is 0 Å². The number of benzene rings is 2. The number of hydrogen-bond donors (Lipinski definition) is 0. The number of nitrogens with zero attached hydrogens (tertiary/aromatic N) is 2. The van der Waals surface area contributed by atoms with E-state index in [4.69, 9.17) is 0 Å². The summed E-state index contributed by atoms with van der Waals surface area (Å²) in [5, 5.41) is 0. The molecule has 0 spiro atoms. The van der Waals surface area contributed by atoms with E-state index in [0.717, 1.165) is 0 Å². The van der Waals surface area contributed by atoms with Crippen LogP contribution in [0.3, 0.4) is 0 Å². The lowest BCUT2D eigenvalue weighted by Crippen LogP contribution is -2.16. The highest BCUT2D eigenvalue weighted by Crippen LogP contribution is 2.35. The van der Waals surface area contributed by atoms with Gasteiger partial charge in [0.2, 0.25) is 0 Å². The minimum Gasteiger partial charge on any atom is -0.377 e. The Bertz CT molecular complexity index is 699. The molecule has 0 unspecified atom stereocenters. The van der Waals surface area contributed by atoms with Gasteiger partial charge in [-0.25, -0.2) is 0 Å². The van der Waals surface area contributed by atoms with Crippen molar-refractivity contribution >= 4 is 17.1 Å². The molecule has 0 aliphatic carbocycles. The number of anilines is 3. The topological polar surface area (TPSA) is 6.48 Å². The van der Waals surface area contributed by atoms with Crippen molar-refractivity contribution in [2.45, 2.75) is 34.6 Å². The smallest absolute Gasteiger partial charge is 0.0442 e. The summed E-state index contributed by atoms with van der Waals surface area (Å²) in [5.74, 6) is 0. The Morgan fingerprint density at radius 3 is 1.50 bits per heavy atom. The molecule has 118 valence electrons. The van der Waals surface area contributed by atoms with Crippen LogP contribution in [-0.2, 0) is 0 Å². The summed E-state index contributed by atoms with van der Waals surface area (Å²) in [7, 11) is 6.35. The highest BCUT2D eigenvalue weighted by molar-refractivity contribution is 5.74. The lowest BCUT2D eigenvalue weighted by atomic mass is 10.00. The summed E-state index contributed by atoms with van der Waals surface area (Å²) in [4.78, 5) is 4.48. The molecule has 0 N–H and O–H groups in total. The molecule has 0 saturated heterocycles. The van der Waals surface area contributed by atoms with Crippen molar-refractivity contribution in [1.82, 2.24) is 0 Å². The van der Waals surface area contributed by atoms with Gasteiger partial charge in [0.15, 0.2) is 0 Å². The molecule has 0 saturated carbocycles. The van der Waals surface area contributed by atoms with Crippen LogP contribution < -0.4 is 9.80 Å². The van der Waals surface area contributed by atoms with Gasteiger partial charge in [-0.2, -0.15) is 0 Å². The van der Waals surface area contributed by atoms with E-state index in [1.165, 1.54) is 44.9 Å². The van der Waals surface area contributed by atoms with Gasteiger partial charge in [-0.1, -0.05) is 6.07 Å². The van der Waals surface area contributed by atoms with E-state index < -0.39 is 0 Å². The van der Waals surface area contributed by atoms with Crippen LogP contribution in [0.4, 0.5) is 17.1 Å². The number of rotatable bonds is 3. The Morgan fingerprint density at radius 1 is 0.545 bits per heavy atom. The van der Waals surface area contributed by atoms with E-state index in [-0.39, 0.29) is 0 Å². The molecule has 2 aromatic carbocycles.